The predicted octanol–water partition coefficient (Wildman–Crippen LogP) is 0.693. The molecule has 3 heteroatoms. The fraction of sp³-hybridized carbons (Fsp3) is 0.875. The van der Waals surface area contributed by atoms with Crippen molar-refractivity contribution in [1.82, 2.24) is 0 Å². The maximum atomic E-state index is 9.84. The Hall–Kier alpha value is -0.730. The number of ether oxygens (including phenoxy) is 1. The van der Waals surface area contributed by atoms with Crippen LogP contribution in [0.25, 0.3) is 0 Å². The highest BCUT2D eigenvalue weighted by Crippen LogP contribution is 2.20. The topological polar surface area (TPSA) is 43.6 Å². The Balaban J connectivity index is 2.24. The first-order valence-corrected chi connectivity index (χ1v) is 4.13. The molecule has 0 N–H and O–H groups in total. The minimum atomic E-state index is 0.150. The summed E-state index contributed by atoms with van der Waals surface area (Å²) in [6.07, 6.45) is 6.03. The van der Waals surface area contributed by atoms with E-state index < -0.39 is 0 Å². The summed E-state index contributed by atoms with van der Waals surface area (Å²) in [5.41, 5.74) is 0. The largest absolute Gasteiger partial charge is 0.588 e. The van der Waals surface area contributed by atoms with Crippen LogP contribution in [-0.2, 0) is 9.31 Å². The molecular formula is C8H14O3. The lowest BCUT2D eigenvalue weighted by Crippen LogP contribution is -2.21. The monoisotopic (exact) mass is 158 g/mol. The first kappa shape index (κ1) is 8.37. The number of esters is 1. The van der Waals surface area contributed by atoms with Gasteiger partial charge in [0.2, 0.25) is 0 Å². The molecule has 64 valence electrons. The Labute approximate surface area is 66.6 Å². The summed E-state index contributed by atoms with van der Waals surface area (Å²) in [7, 11) is 0. The summed E-state index contributed by atoms with van der Waals surface area (Å²) in [4.78, 5) is 0. The van der Waals surface area contributed by atoms with E-state index in [0.717, 1.165) is 12.8 Å². The van der Waals surface area contributed by atoms with Gasteiger partial charge in [-0.1, -0.05) is 6.42 Å². The van der Waals surface area contributed by atoms with Crippen molar-refractivity contribution >= 4 is 5.97 Å². The van der Waals surface area contributed by atoms with E-state index in [9.17, 15) is 5.26 Å². The summed E-state index contributed by atoms with van der Waals surface area (Å²) < 4.78 is 8.92. The number of rotatable bonds is 1. The molecule has 0 aromatic carbocycles. The SMILES string of the molecule is CC(OC1CCCCC1)=[O+][O-]. The quantitative estimate of drug-likeness (QED) is 0.244. The molecule has 0 spiro atoms. The van der Waals surface area contributed by atoms with Gasteiger partial charge in [0.25, 0.3) is 0 Å². The third-order valence-electron chi connectivity index (χ3n) is 2.00. The second-order valence-electron chi connectivity index (χ2n) is 2.95. The molecule has 0 unspecified atom stereocenters. The van der Waals surface area contributed by atoms with Crippen LogP contribution in [0.1, 0.15) is 39.0 Å². The molecule has 0 aromatic heterocycles. The molecule has 0 saturated heterocycles. The molecule has 0 radical (unpaired) electrons. The Morgan fingerprint density at radius 2 is 2.00 bits per heavy atom. The molecule has 0 atom stereocenters. The molecule has 1 aliphatic rings. The average Bonchev–Trinajstić information content (AvgIpc) is 2.06. The van der Waals surface area contributed by atoms with Crippen molar-refractivity contribution in [2.75, 3.05) is 0 Å². The van der Waals surface area contributed by atoms with Crippen molar-refractivity contribution < 1.29 is 14.6 Å². The van der Waals surface area contributed by atoms with Gasteiger partial charge in [0.1, 0.15) is 0 Å². The van der Waals surface area contributed by atoms with Gasteiger partial charge in [-0.3, -0.25) is 4.58 Å². The molecule has 0 bridgehead atoms. The lowest BCUT2D eigenvalue weighted by Gasteiger charge is -2.15. The molecule has 3 nitrogen and oxygen atoms in total. The van der Waals surface area contributed by atoms with Crippen LogP contribution in [0.3, 0.4) is 0 Å². The Morgan fingerprint density at radius 3 is 2.55 bits per heavy atom. The van der Waals surface area contributed by atoms with E-state index in [-0.39, 0.29) is 12.1 Å². The third-order valence-corrected chi connectivity index (χ3v) is 2.00. The molecule has 1 fully saturated rings. The standard InChI is InChI=1S/C8H14O3/c1-7(11-9)10-8-5-3-2-4-6-8/h8H,2-6H2,1H3. The molecule has 1 aliphatic carbocycles. The van der Waals surface area contributed by atoms with Gasteiger partial charge in [0.15, 0.2) is 6.10 Å². The maximum Gasteiger partial charge on any atom is 0.494 e. The summed E-state index contributed by atoms with van der Waals surface area (Å²) in [5.74, 6) is 0.150. The normalized spacial score (nSPS) is 21.7. The van der Waals surface area contributed by atoms with Gasteiger partial charge in [0, 0.05) is 12.8 Å². The van der Waals surface area contributed by atoms with Gasteiger partial charge in [-0.05, 0) is 12.8 Å². The summed E-state index contributed by atoms with van der Waals surface area (Å²) in [6, 6.07) is 0. The van der Waals surface area contributed by atoms with Crippen molar-refractivity contribution in [3.8, 4) is 0 Å². The third kappa shape index (κ3) is 2.78. The van der Waals surface area contributed by atoms with Crippen molar-refractivity contribution in [3.05, 3.63) is 0 Å². The lowest BCUT2D eigenvalue weighted by molar-refractivity contribution is -1.05. The van der Waals surface area contributed by atoms with E-state index in [4.69, 9.17) is 4.74 Å². The van der Waals surface area contributed by atoms with Crippen LogP contribution in [0.4, 0.5) is 0 Å². The molecular weight excluding hydrogens is 144 g/mol. The smallest absolute Gasteiger partial charge is 0.494 e. The average molecular weight is 158 g/mol. The van der Waals surface area contributed by atoms with Crippen molar-refractivity contribution in [1.29, 1.82) is 0 Å². The minimum absolute atomic E-state index is 0.150. The number of hydrogen-bond acceptors (Lipinski definition) is 2. The van der Waals surface area contributed by atoms with Gasteiger partial charge >= 0.3 is 5.97 Å². The van der Waals surface area contributed by atoms with Crippen LogP contribution in [0.2, 0.25) is 0 Å². The highest BCUT2D eigenvalue weighted by atomic mass is 17.1. The second kappa shape index (κ2) is 4.21. The molecule has 11 heavy (non-hydrogen) atoms. The maximum absolute atomic E-state index is 9.84. The van der Waals surface area contributed by atoms with Crippen LogP contribution in [-0.4, -0.2) is 12.1 Å². The van der Waals surface area contributed by atoms with E-state index in [0.29, 0.717) is 0 Å². The fourth-order valence-corrected chi connectivity index (χ4v) is 1.44. The minimum Gasteiger partial charge on any atom is -0.588 e. The number of hydrogen-bond donors (Lipinski definition) is 0. The molecule has 1 saturated carbocycles. The van der Waals surface area contributed by atoms with E-state index in [2.05, 4.69) is 4.58 Å². The van der Waals surface area contributed by atoms with Crippen LogP contribution < -0.4 is 5.26 Å². The molecule has 0 aromatic rings. The van der Waals surface area contributed by atoms with E-state index in [1.807, 2.05) is 0 Å². The zero-order chi connectivity index (χ0) is 8.10. The Kier molecular flexibility index (Phi) is 3.20. The van der Waals surface area contributed by atoms with Gasteiger partial charge in [-0.15, -0.1) is 0 Å². The molecule has 0 amide bonds. The highest BCUT2D eigenvalue weighted by Gasteiger charge is 2.21. The first-order chi connectivity index (χ1) is 5.33. The van der Waals surface area contributed by atoms with Crippen molar-refractivity contribution in [2.24, 2.45) is 0 Å². The lowest BCUT2D eigenvalue weighted by atomic mass is 9.98. The van der Waals surface area contributed by atoms with E-state index >= 15 is 0 Å². The number of carbonyl (C=O) groups excluding carboxylic acids is 1. The molecule has 0 aliphatic heterocycles. The Bertz CT molecular complexity index is 136. The van der Waals surface area contributed by atoms with Gasteiger partial charge in [0.05, 0.1) is 6.92 Å². The van der Waals surface area contributed by atoms with Crippen LogP contribution in [0, 0.1) is 0 Å². The van der Waals surface area contributed by atoms with Crippen molar-refractivity contribution in [3.63, 3.8) is 0 Å². The van der Waals surface area contributed by atoms with Crippen LogP contribution in [0.5, 0.6) is 0 Å². The second-order valence-corrected chi connectivity index (χ2v) is 2.95. The van der Waals surface area contributed by atoms with Gasteiger partial charge < -0.3 is 9.99 Å². The molecule has 0 heterocycles. The van der Waals surface area contributed by atoms with Gasteiger partial charge in [-0.25, -0.2) is 0 Å². The first-order valence-electron chi connectivity index (χ1n) is 4.13. The van der Waals surface area contributed by atoms with Crippen LogP contribution >= 0.6 is 0 Å². The summed E-state index contributed by atoms with van der Waals surface area (Å²) in [5, 5.41) is 9.84. The van der Waals surface area contributed by atoms with E-state index in [1.165, 1.54) is 19.3 Å². The highest BCUT2D eigenvalue weighted by molar-refractivity contribution is 5.66. The summed E-state index contributed by atoms with van der Waals surface area (Å²) in [6.45, 7) is 1.56. The predicted molar refractivity (Wildman–Crippen MR) is 38.6 cm³/mol. The van der Waals surface area contributed by atoms with Crippen LogP contribution in [0.15, 0.2) is 0 Å². The zero-order valence-corrected chi connectivity index (χ0v) is 6.84. The van der Waals surface area contributed by atoms with E-state index in [1.54, 1.807) is 6.92 Å². The Morgan fingerprint density at radius 1 is 1.36 bits per heavy atom. The fourth-order valence-electron chi connectivity index (χ4n) is 1.44. The van der Waals surface area contributed by atoms with Gasteiger partial charge in [-0.2, -0.15) is 0 Å². The summed E-state index contributed by atoms with van der Waals surface area (Å²) >= 11 is 0. The molecule has 1 rings (SSSR count). The zero-order valence-electron chi connectivity index (χ0n) is 6.84. The van der Waals surface area contributed by atoms with Crippen molar-refractivity contribution in [2.45, 2.75) is 45.1 Å².